The molecule has 3 rings (SSSR count). The first-order valence-electron chi connectivity index (χ1n) is 7.00. The first-order valence-corrected chi connectivity index (χ1v) is 7.88. The third-order valence-electron chi connectivity index (χ3n) is 3.38. The Morgan fingerprint density at radius 3 is 2.95 bits per heavy atom. The number of carbonyl (C=O) groups is 1. The quantitative estimate of drug-likeness (QED) is 0.710. The highest BCUT2D eigenvalue weighted by atomic mass is 32.1. The number of imidazole rings is 1. The molecule has 0 bridgehead atoms. The average Bonchev–Trinajstić information content (AvgIpc) is 3.08. The molecule has 1 amide bonds. The Bertz CT molecular complexity index is 727. The van der Waals surface area contributed by atoms with E-state index in [1.165, 1.54) is 11.3 Å². The highest BCUT2D eigenvalue weighted by Crippen LogP contribution is 2.15. The number of H-pyrrole nitrogens is 1. The maximum Gasteiger partial charge on any atom is 0.261 e. The van der Waals surface area contributed by atoms with Crippen LogP contribution in [0, 0.1) is 6.92 Å². The normalized spacial score (nSPS) is 10.9. The summed E-state index contributed by atoms with van der Waals surface area (Å²) in [4.78, 5) is 20.6. The van der Waals surface area contributed by atoms with Gasteiger partial charge in [-0.25, -0.2) is 4.98 Å². The second kappa shape index (κ2) is 6.10. The summed E-state index contributed by atoms with van der Waals surface area (Å²) < 4.78 is 0. The van der Waals surface area contributed by atoms with E-state index >= 15 is 0 Å². The van der Waals surface area contributed by atoms with Crippen LogP contribution in [0.2, 0.25) is 0 Å². The topological polar surface area (TPSA) is 57.8 Å². The van der Waals surface area contributed by atoms with Crippen LogP contribution >= 0.6 is 11.3 Å². The van der Waals surface area contributed by atoms with Gasteiger partial charge in [-0.3, -0.25) is 4.79 Å². The van der Waals surface area contributed by atoms with Crippen molar-refractivity contribution < 1.29 is 4.79 Å². The number of nitrogens with zero attached hydrogens (tertiary/aromatic N) is 1. The SMILES string of the molecule is Cc1ccsc1C(=O)NCCCc1nc2ccccc2[nH]1. The van der Waals surface area contributed by atoms with E-state index in [0.717, 1.165) is 40.1 Å². The zero-order chi connectivity index (χ0) is 14.7. The molecule has 1 aromatic carbocycles. The number of rotatable bonds is 5. The average molecular weight is 299 g/mol. The Morgan fingerprint density at radius 1 is 1.33 bits per heavy atom. The van der Waals surface area contributed by atoms with E-state index in [-0.39, 0.29) is 5.91 Å². The van der Waals surface area contributed by atoms with Crippen LogP contribution in [0.3, 0.4) is 0 Å². The van der Waals surface area contributed by atoms with Crippen molar-refractivity contribution in [2.24, 2.45) is 0 Å². The second-order valence-electron chi connectivity index (χ2n) is 4.99. The van der Waals surface area contributed by atoms with Crippen molar-refractivity contribution in [3.63, 3.8) is 0 Å². The number of aromatic amines is 1. The van der Waals surface area contributed by atoms with Crippen LogP contribution in [0.25, 0.3) is 11.0 Å². The standard InChI is InChI=1S/C16H17N3OS/c1-11-8-10-21-15(11)16(20)17-9-4-7-14-18-12-5-2-3-6-13(12)19-14/h2-3,5-6,8,10H,4,7,9H2,1H3,(H,17,20)(H,18,19). The summed E-state index contributed by atoms with van der Waals surface area (Å²) >= 11 is 1.48. The van der Waals surface area contributed by atoms with Gasteiger partial charge in [-0.2, -0.15) is 0 Å². The lowest BCUT2D eigenvalue weighted by molar-refractivity contribution is 0.0956. The monoisotopic (exact) mass is 299 g/mol. The van der Waals surface area contributed by atoms with E-state index < -0.39 is 0 Å². The fraction of sp³-hybridized carbons (Fsp3) is 0.250. The number of nitrogens with one attached hydrogen (secondary N) is 2. The van der Waals surface area contributed by atoms with Crippen LogP contribution in [-0.4, -0.2) is 22.4 Å². The molecule has 21 heavy (non-hydrogen) atoms. The molecule has 4 nitrogen and oxygen atoms in total. The molecule has 0 radical (unpaired) electrons. The van der Waals surface area contributed by atoms with Gasteiger partial charge in [0.1, 0.15) is 5.82 Å². The molecular weight excluding hydrogens is 282 g/mol. The van der Waals surface area contributed by atoms with Gasteiger partial charge in [0.2, 0.25) is 0 Å². The van der Waals surface area contributed by atoms with Crippen molar-refractivity contribution in [1.82, 2.24) is 15.3 Å². The largest absolute Gasteiger partial charge is 0.351 e. The predicted molar refractivity (Wildman–Crippen MR) is 85.8 cm³/mol. The molecule has 2 aromatic heterocycles. The number of benzene rings is 1. The van der Waals surface area contributed by atoms with E-state index in [1.54, 1.807) is 0 Å². The fourth-order valence-corrected chi connectivity index (χ4v) is 3.11. The number of fused-ring (bicyclic) bond motifs is 1. The molecule has 0 aliphatic carbocycles. The molecular formula is C16H17N3OS. The number of thiophene rings is 1. The summed E-state index contributed by atoms with van der Waals surface area (Å²) in [5.74, 6) is 0.991. The smallest absolute Gasteiger partial charge is 0.261 e. The molecule has 5 heteroatoms. The van der Waals surface area contributed by atoms with Gasteiger partial charge >= 0.3 is 0 Å². The number of hydrogen-bond donors (Lipinski definition) is 2. The Labute approximate surface area is 127 Å². The van der Waals surface area contributed by atoms with Crippen molar-refractivity contribution in [2.45, 2.75) is 19.8 Å². The second-order valence-corrected chi connectivity index (χ2v) is 5.91. The summed E-state index contributed by atoms with van der Waals surface area (Å²) in [5.41, 5.74) is 3.09. The fourth-order valence-electron chi connectivity index (χ4n) is 2.27. The molecule has 0 aliphatic heterocycles. The lowest BCUT2D eigenvalue weighted by Crippen LogP contribution is -2.24. The molecule has 0 spiro atoms. The molecule has 0 aliphatic rings. The summed E-state index contributed by atoms with van der Waals surface area (Å²) in [6.07, 6.45) is 1.70. The van der Waals surface area contributed by atoms with E-state index in [2.05, 4.69) is 15.3 Å². The summed E-state index contributed by atoms with van der Waals surface area (Å²) in [7, 11) is 0. The summed E-state index contributed by atoms with van der Waals surface area (Å²) in [6, 6.07) is 9.96. The minimum atomic E-state index is 0.0205. The first-order chi connectivity index (χ1) is 10.2. The summed E-state index contributed by atoms with van der Waals surface area (Å²) in [5, 5.41) is 4.90. The minimum Gasteiger partial charge on any atom is -0.351 e. The van der Waals surface area contributed by atoms with Gasteiger partial charge in [-0.05, 0) is 42.5 Å². The first kappa shape index (κ1) is 13.8. The van der Waals surface area contributed by atoms with Crippen LogP contribution in [-0.2, 0) is 6.42 Å². The van der Waals surface area contributed by atoms with Gasteiger partial charge in [0, 0.05) is 13.0 Å². The van der Waals surface area contributed by atoms with E-state index in [1.807, 2.05) is 42.6 Å². The third kappa shape index (κ3) is 3.13. The zero-order valence-corrected chi connectivity index (χ0v) is 12.7. The van der Waals surface area contributed by atoms with Crippen LogP contribution in [0.1, 0.15) is 27.5 Å². The number of hydrogen-bond acceptors (Lipinski definition) is 3. The molecule has 2 N–H and O–H groups in total. The minimum absolute atomic E-state index is 0.0205. The zero-order valence-electron chi connectivity index (χ0n) is 11.8. The number of aromatic nitrogens is 2. The Balaban J connectivity index is 1.50. The highest BCUT2D eigenvalue weighted by molar-refractivity contribution is 7.12. The summed E-state index contributed by atoms with van der Waals surface area (Å²) in [6.45, 7) is 2.62. The van der Waals surface area contributed by atoms with Gasteiger partial charge in [0.05, 0.1) is 15.9 Å². The third-order valence-corrected chi connectivity index (χ3v) is 4.40. The van der Waals surface area contributed by atoms with Gasteiger partial charge in [0.15, 0.2) is 0 Å². The van der Waals surface area contributed by atoms with Crippen molar-refractivity contribution in [3.8, 4) is 0 Å². The van der Waals surface area contributed by atoms with Crippen LogP contribution in [0.5, 0.6) is 0 Å². The molecule has 0 atom stereocenters. The van der Waals surface area contributed by atoms with E-state index in [4.69, 9.17) is 0 Å². The van der Waals surface area contributed by atoms with Gasteiger partial charge in [-0.1, -0.05) is 12.1 Å². The number of amides is 1. The molecule has 0 saturated carbocycles. The lowest BCUT2D eigenvalue weighted by atomic mass is 10.2. The van der Waals surface area contributed by atoms with Gasteiger partial charge in [-0.15, -0.1) is 11.3 Å². The van der Waals surface area contributed by atoms with Crippen molar-refractivity contribution in [3.05, 3.63) is 52.0 Å². The van der Waals surface area contributed by atoms with Crippen molar-refractivity contribution in [1.29, 1.82) is 0 Å². The molecule has 0 unspecified atom stereocenters. The van der Waals surface area contributed by atoms with Crippen molar-refractivity contribution in [2.75, 3.05) is 6.54 Å². The van der Waals surface area contributed by atoms with E-state index in [0.29, 0.717) is 6.54 Å². The lowest BCUT2D eigenvalue weighted by Gasteiger charge is -2.03. The maximum absolute atomic E-state index is 12.0. The Kier molecular flexibility index (Phi) is 4.01. The Hall–Kier alpha value is -2.14. The molecule has 0 fully saturated rings. The molecule has 2 heterocycles. The molecule has 108 valence electrons. The highest BCUT2D eigenvalue weighted by Gasteiger charge is 2.09. The maximum atomic E-state index is 12.0. The van der Waals surface area contributed by atoms with Crippen LogP contribution in [0.15, 0.2) is 35.7 Å². The molecule has 3 aromatic rings. The number of aryl methyl sites for hydroxylation is 2. The Morgan fingerprint density at radius 2 is 2.19 bits per heavy atom. The van der Waals surface area contributed by atoms with E-state index in [9.17, 15) is 4.79 Å². The van der Waals surface area contributed by atoms with Gasteiger partial charge in [0.25, 0.3) is 5.91 Å². The molecule has 0 saturated heterocycles. The van der Waals surface area contributed by atoms with Gasteiger partial charge < -0.3 is 10.3 Å². The predicted octanol–water partition coefficient (Wildman–Crippen LogP) is 3.30. The van der Waals surface area contributed by atoms with Crippen LogP contribution < -0.4 is 5.32 Å². The van der Waals surface area contributed by atoms with Crippen molar-refractivity contribution >= 4 is 28.3 Å². The van der Waals surface area contributed by atoms with Crippen LogP contribution in [0.4, 0.5) is 0 Å². The number of carbonyl (C=O) groups excluding carboxylic acids is 1. The number of para-hydroxylation sites is 2.